The zero-order valence-electron chi connectivity index (χ0n) is 14.3. The SMILES string of the molecule is CCCNC(=O)c1cc(-c2cccn2C)nn1-c1cccc(C)c1. The van der Waals surface area contributed by atoms with E-state index < -0.39 is 0 Å². The summed E-state index contributed by atoms with van der Waals surface area (Å²) in [5.74, 6) is -0.105. The average molecular weight is 322 g/mol. The molecule has 0 aliphatic rings. The van der Waals surface area contributed by atoms with E-state index in [1.165, 1.54) is 0 Å². The summed E-state index contributed by atoms with van der Waals surface area (Å²) in [5.41, 5.74) is 4.32. The van der Waals surface area contributed by atoms with Crippen molar-refractivity contribution in [3.63, 3.8) is 0 Å². The van der Waals surface area contributed by atoms with Crippen molar-refractivity contribution in [2.45, 2.75) is 20.3 Å². The van der Waals surface area contributed by atoms with Crippen LogP contribution in [0.2, 0.25) is 0 Å². The Hall–Kier alpha value is -2.82. The van der Waals surface area contributed by atoms with Crippen LogP contribution in [-0.4, -0.2) is 26.8 Å². The molecule has 0 spiro atoms. The van der Waals surface area contributed by atoms with Crippen LogP contribution in [0.4, 0.5) is 0 Å². The van der Waals surface area contributed by atoms with Gasteiger partial charge in [-0.25, -0.2) is 4.68 Å². The summed E-state index contributed by atoms with van der Waals surface area (Å²) >= 11 is 0. The standard InChI is InChI=1S/C19H22N4O/c1-4-10-20-19(24)18-13-16(17-9-6-11-22(17)3)21-23(18)15-8-5-7-14(2)12-15/h5-9,11-13H,4,10H2,1-3H3,(H,20,24). The highest BCUT2D eigenvalue weighted by molar-refractivity contribution is 5.94. The Balaban J connectivity index is 2.09. The minimum Gasteiger partial charge on any atom is -0.351 e. The number of rotatable bonds is 5. The molecule has 0 fully saturated rings. The van der Waals surface area contributed by atoms with Crippen molar-refractivity contribution >= 4 is 5.91 Å². The molecule has 124 valence electrons. The number of aryl methyl sites for hydroxylation is 2. The summed E-state index contributed by atoms with van der Waals surface area (Å²) < 4.78 is 3.72. The van der Waals surface area contributed by atoms with E-state index in [9.17, 15) is 4.79 Å². The number of hydrogen-bond donors (Lipinski definition) is 1. The molecule has 1 amide bonds. The van der Waals surface area contributed by atoms with Crippen molar-refractivity contribution in [2.24, 2.45) is 7.05 Å². The zero-order valence-corrected chi connectivity index (χ0v) is 14.3. The van der Waals surface area contributed by atoms with Gasteiger partial charge in [0.05, 0.1) is 11.4 Å². The van der Waals surface area contributed by atoms with Gasteiger partial charge in [-0.3, -0.25) is 4.79 Å². The van der Waals surface area contributed by atoms with Crippen LogP contribution in [0, 0.1) is 6.92 Å². The molecular formula is C19H22N4O. The normalized spacial score (nSPS) is 10.8. The van der Waals surface area contributed by atoms with E-state index in [4.69, 9.17) is 0 Å². The van der Waals surface area contributed by atoms with Crippen LogP contribution in [0.3, 0.4) is 0 Å². The van der Waals surface area contributed by atoms with Gasteiger partial charge in [0.25, 0.3) is 5.91 Å². The Bertz CT molecular complexity index is 860. The molecular weight excluding hydrogens is 300 g/mol. The monoisotopic (exact) mass is 322 g/mol. The highest BCUT2D eigenvalue weighted by atomic mass is 16.2. The Labute approximate surface area is 141 Å². The second-order valence-electron chi connectivity index (χ2n) is 5.93. The Morgan fingerprint density at radius 2 is 2.04 bits per heavy atom. The molecule has 0 radical (unpaired) electrons. The first-order chi connectivity index (χ1) is 11.6. The molecule has 3 aromatic rings. The van der Waals surface area contributed by atoms with E-state index in [2.05, 4.69) is 10.4 Å². The molecule has 0 unspecified atom stereocenters. The lowest BCUT2D eigenvalue weighted by Gasteiger charge is -2.08. The summed E-state index contributed by atoms with van der Waals surface area (Å²) in [5, 5.41) is 7.63. The highest BCUT2D eigenvalue weighted by Crippen LogP contribution is 2.22. The van der Waals surface area contributed by atoms with Crippen LogP contribution in [0.25, 0.3) is 17.1 Å². The fourth-order valence-corrected chi connectivity index (χ4v) is 2.68. The van der Waals surface area contributed by atoms with Crippen LogP contribution in [0.15, 0.2) is 48.7 Å². The van der Waals surface area contributed by atoms with E-state index >= 15 is 0 Å². The minimum absolute atomic E-state index is 0.105. The van der Waals surface area contributed by atoms with Crippen molar-refractivity contribution in [1.29, 1.82) is 0 Å². The third-order valence-electron chi connectivity index (χ3n) is 3.93. The summed E-state index contributed by atoms with van der Waals surface area (Å²) in [6, 6.07) is 13.8. The molecule has 0 saturated carbocycles. The number of carbonyl (C=O) groups excluding carboxylic acids is 1. The largest absolute Gasteiger partial charge is 0.351 e. The number of nitrogens with zero attached hydrogens (tertiary/aromatic N) is 3. The van der Waals surface area contributed by atoms with Gasteiger partial charge in [0.1, 0.15) is 11.4 Å². The van der Waals surface area contributed by atoms with E-state index in [1.807, 2.05) is 74.1 Å². The maximum Gasteiger partial charge on any atom is 0.270 e. The molecule has 0 bridgehead atoms. The number of carbonyl (C=O) groups is 1. The molecule has 0 aliphatic carbocycles. The summed E-state index contributed by atoms with van der Waals surface area (Å²) in [7, 11) is 1.97. The Morgan fingerprint density at radius 1 is 1.21 bits per heavy atom. The molecule has 5 nitrogen and oxygen atoms in total. The number of nitrogens with one attached hydrogen (secondary N) is 1. The second-order valence-corrected chi connectivity index (χ2v) is 5.93. The minimum atomic E-state index is -0.105. The van der Waals surface area contributed by atoms with Crippen LogP contribution in [-0.2, 0) is 7.05 Å². The maximum atomic E-state index is 12.6. The van der Waals surface area contributed by atoms with Crippen molar-refractivity contribution in [2.75, 3.05) is 6.54 Å². The van der Waals surface area contributed by atoms with Gasteiger partial charge in [0.2, 0.25) is 0 Å². The highest BCUT2D eigenvalue weighted by Gasteiger charge is 2.18. The summed E-state index contributed by atoms with van der Waals surface area (Å²) in [4.78, 5) is 12.6. The van der Waals surface area contributed by atoms with Crippen LogP contribution in [0.5, 0.6) is 0 Å². The van der Waals surface area contributed by atoms with Crippen LogP contribution in [0.1, 0.15) is 29.4 Å². The number of amides is 1. The molecule has 5 heteroatoms. The molecule has 0 aliphatic heterocycles. The van der Waals surface area contributed by atoms with Gasteiger partial charge in [-0.05, 0) is 49.2 Å². The summed E-state index contributed by atoms with van der Waals surface area (Å²) in [6.07, 6.45) is 2.87. The van der Waals surface area contributed by atoms with Crippen molar-refractivity contribution < 1.29 is 4.79 Å². The predicted molar refractivity (Wildman–Crippen MR) is 95.3 cm³/mol. The first-order valence-electron chi connectivity index (χ1n) is 8.17. The van der Waals surface area contributed by atoms with Gasteiger partial charge in [0, 0.05) is 19.8 Å². The van der Waals surface area contributed by atoms with Crippen molar-refractivity contribution in [3.05, 3.63) is 59.9 Å². The molecule has 0 atom stereocenters. The molecule has 1 N–H and O–H groups in total. The van der Waals surface area contributed by atoms with E-state index in [-0.39, 0.29) is 5.91 Å². The van der Waals surface area contributed by atoms with Gasteiger partial charge >= 0.3 is 0 Å². The fourth-order valence-electron chi connectivity index (χ4n) is 2.68. The average Bonchev–Trinajstić information content (AvgIpc) is 3.18. The molecule has 1 aromatic carbocycles. The first-order valence-corrected chi connectivity index (χ1v) is 8.17. The van der Waals surface area contributed by atoms with Crippen molar-refractivity contribution in [3.8, 4) is 17.1 Å². The number of aromatic nitrogens is 3. The number of benzene rings is 1. The Kier molecular flexibility index (Phi) is 4.51. The van der Waals surface area contributed by atoms with Gasteiger partial charge < -0.3 is 9.88 Å². The van der Waals surface area contributed by atoms with Gasteiger partial charge in [0.15, 0.2) is 0 Å². The summed E-state index contributed by atoms with van der Waals surface area (Å²) in [6.45, 7) is 4.72. The lowest BCUT2D eigenvalue weighted by Crippen LogP contribution is -2.26. The van der Waals surface area contributed by atoms with Crippen LogP contribution < -0.4 is 5.32 Å². The fraction of sp³-hybridized carbons (Fsp3) is 0.263. The molecule has 24 heavy (non-hydrogen) atoms. The zero-order chi connectivity index (χ0) is 17.1. The number of hydrogen-bond acceptors (Lipinski definition) is 2. The van der Waals surface area contributed by atoms with Gasteiger partial charge in [-0.15, -0.1) is 0 Å². The van der Waals surface area contributed by atoms with Crippen LogP contribution >= 0.6 is 0 Å². The molecule has 2 heterocycles. The maximum absolute atomic E-state index is 12.6. The smallest absolute Gasteiger partial charge is 0.270 e. The lowest BCUT2D eigenvalue weighted by molar-refractivity contribution is 0.0946. The Morgan fingerprint density at radius 3 is 2.71 bits per heavy atom. The second kappa shape index (κ2) is 6.74. The topological polar surface area (TPSA) is 51.9 Å². The van der Waals surface area contributed by atoms with Gasteiger partial charge in [-0.2, -0.15) is 5.10 Å². The van der Waals surface area contributed by atoms with E-state index in [0.29, 0.717) is 12.2 Å². The van der Waals surface area contributed by atoms with E-state index in [0.717, 1.165) is 29.1 Å². The van der Waals surface area contributed by atoms with E-state index in [1.54, 1.807) is 4.68 Å². The quantitative estimate of drug-likeness (QED) is 0.783. The lowest BCUT2D eigenvalue weighted by atomic mass is 10.2. The van der Waals surface area contributed by atoms with Gasteiger partial charge in [-0.1, -0.05) is 19.1 Å². The third kappa shape index (κ3) is 3.11. The predicted octanol–water partition coefficient (Wildman–Crippen LogP) is 3.33. The first kappa shape index (κ1) is 16.1. The molecule has 3 rings (SSSR count). The molecule has 0 saturated heterocycles. The van der Waals surface area contributed by atoms with Crippen molar-refractivity contribution in [1.82, 2.24) is 19.7 Å². The molecule has 2 aromatic heterocycles. The third-order valence-corrected chi connectivity index (χ3v) is 3.93.